The summed E-state index contributed by atoms with van der Waals surface area (Å²) in [6, 6.07) is 177. The molecular formula is C114H82N2O2P2S2Si2. The van der Waals surface area contributed by atoms with Gasteiger partial charge in [0.25, 0.3) is 0 Å². The fourth-order valence-corrected chi connectivity index (χ4v) is 36.1. The second-order valence-electron chi connectivity index (χ2n) is 31.5. The van der Waals surface area contributed by atoms with Crippen LogP contribution in [0.25, 0.3) is 95.3 Å². The molecule has 590 valence electrons. The molecule has 4 heterocycles. The molecule has 0 aliphatic heterocycles. The standard InChI is InChI=1S/C42H34Si2.C36H22N2S.C36H26O2P2S/c1-7-19-35(20-8-1)43(36-21-9-2-10-22-36,37-23-11-3-12-24-37)41-31-33-42(34-32-41)44(38-25-13-4-14-26-38,39-27-15-5-16-28-39)40-29-17-6-18-30-40;1-5-13-31-25(9-1)26-10-2-6-14-32(26)37(31)23-17-19-35-29(21-23)30-22-24(18-20-36(30)39-35)38-33-15-7-3-11-27(33)28-12-4-8-16-34(28)38;37-39(27-13-5-1-6-14-27,28-15-7-2-8-16-28)31-21-23-35-33(25-31)34-26-32(22-24-36(34)41-35)40(38,29-17-9-3-10-18-29)30-19-11-4-12-20-30/h1-34H;1-22H;1-26H. The van der Waals surface area contributed by atoms with Crippen LogP contribution in [0.1, 0.15) is 0 Å². The van der Waals surface area contributed by atoms with Gasteiger partial charge >= 0.3 is 0 Å². The second-order valence-corrected chi connectivity index (χ2v) is 46.8. The fourth-order valence-electron chi connectivity index (χ4n) is 19.1. The van der Waals surface area contributed by atoms with Crippen molar-refractivity contribution in [1.29, 1.82) is 0 Å². The van der Waals surface area contributed by atoms with Gasteiger partial charge in [0.2, 0.25) is 0 Å². The third-order valence-corrected chi connectivity index (χ3v) is 42.8. The zero-order valence-corrected chi connectivity index (χ0v) is 73.2. The van der Waals surface area contributed by atoms with Crippen molar-refractivity contribution >= 4 is 210 Å². The third kappa shape index (κ3) is 13.4. The second kappa shape index (κ2) is 33.2. The first-order valence-corrected chi connectivity index (χ1v) is 51.1. The van der Waals surface area contributed by atoms with Crippen molar-refractivity contribution in [2.45, 2.75) is 0 Å². The highest BCUT2D eigenvalue weighted by Gasteiger charge is 2.45. The minimum Gasteiger partial charge on any atom is -0.309 e. The maximum absolute atomic E-state index is 15.1. The van der Waals surface area contributed by atoms with E-state index in [0.717, 1.165) is 52.0 Å². The Kier molecular flexibility index (Phi) is 20.7. The molecule has 0 atom stereocenters. The summed E-state index contributed by atoms with van der Waals surface area (Å²) in [5, 5.41) is 25.8. The molecule has 23 rings (SSSR count). The van der Waals surface area contributed by atoms with Gasteiger partial charge in [0.15, 0.2) is 30.4 Å². The maximum atomic E-state index is 15.1. The lowest BCUT2D eigenvalue weighted by Gasteiger charge is -2.37. The van der Waals surface area contributed by atoms with Crippen molar-refractivity contribution in [3.63, 3.8) is 0 Å². The van der Waals surface area contributed by atoms with Gasteiger partial charge in [0.05, 0.1) is 22.1 Å². The predicted molar refractivity (Wildman–Crippen MR) is 540 cm³/mol. The Morgan fingerprint density at radius 1 is 0.169 bits per heavy atom. The molecule has 0 bridgehead atoms. The molecule has 0 N–H and O–H groups in total. The summed E-state index contributed by atoms with van der Waals surface area (Å²) in [5.41, 5.74) is 7.35. The highest BCUT2D eigenvalue weighted by molar-refractivity contribution is 7.85. The molecule has 124 heavy (non-hydrogen) atoms. The molecule has 0 aliphatic carbocycles. The van der Waals surface area contributed by atoms with Crippen LogP contribution in [-0.4, -0.2) is 25.3 Å². The van der Waals surface area contributed by atoms with Gasteiger partial charge in [-0.1, -0.05) is 400 Å². The molecule has 0 saturated heterocycles. The quantitative estimate of drug-likeness (QED) is 0.0550. The lowest BCUT2D eigenvalue weighted by atomic mass is 10.1. The molecule has 4 nitrogen and oxygen atoms in total. The lowest BCUT2D eigenvalue weighted by molar-refractivity contribution is 0.591. The van der Waals surface area contributed by atoms with E-state index in [4.69, 9.17) is 0 Å². The van der Waals surface area contributed by atoms with Crippen LogP contribution in [0.15, 0.2) is 497 Å². The molecule has 19 aromatic carbocycles. The summed E-state index contributed by atoms with van der Waals surface area (Å²) in [5.74, 6) is 0. The van der Waals surface area contributed by atoms with Crippen molar-refractivity contribution in [2.24, 2.45) is 0 Å². The Morgan fingerprint density at radius 3 is 0.605 bits per heavy atom. The number of aromatic nitrogens is 2. The average molecular weight is 1690 g/mol. The SMILES string of the molecule is O=P(c1ccccc1)(c1ccccc1)c1ccc2sc3ccc(P(=O)(c4ccccc4)c4ccccc4)cc3c2c1.c1ccc([Si](c2ccccc2)(c2ccccc2)c2ccc([Si](c3ccccc3)(c3ccccc3)c3ccccc3)cc2)cc1.c1ccc2c(c1)c1ccccc1n2-c1ccc2sc3ccc(-n4c5ccccc5c5ccccc54)cc3c2c1. The number of para-hydroxylation sites is 4. The minimum atomic E-state index is -3.12. The van der Waals surface area contributed by atoms with Crippen LogP contribution in [0.2, 0.25) is 0 Å². The number of hydrogen-bond acceptors (Lipinski definition) is 4. The first-order valence-electron chi connectivity index (χ1n) is 42.1. The first-order chi connectivity index (χ1) is 61.3. The van der Waals surface area contributed by atoms with Crippen LogP contribution in [0, 0.1) is 0 Å². The monoisotopic (exact) mass is 1690 g/mol. The van der Waals surface area contributed by atoms with Gasteiger partial charge in [-0.3, -0.25) is 0 Å². The van der Waals surface area contributed by atoms with E-state index in [0.29, 0.717) is 0 Å². The van der Waals surface area contributed by atoms with Crippen molar-refractivity contribution in [1.82, 2.24) is 9.13 Å². The normalized spacial score (nSPS) is 11.9. The van der Waals surface area contributed by atoms with E-state index < -0.39 is 30.4 Å². The summed E-state index contributed by atoms with van der Waals surface area (Å²) < 4.78 is 39.8. The Morgan fingerprint density at radius 2 is 0.363 bits per heavy atom. The highest BCUT2D eigenvalue weighted by atomic mass is 32.1. The minimum absolute atomic E-state index is 0.793. The Balaban J connectivity index is 0.000000114. The molecule has 0 unspecified atom stereocenters. The molecule has 0 fully saturated rings. The Labute approximate surface area is 731 Å². The third-order valence-electron chi connectivity index (χ3n) is 24.7. The first kappa shape index (κ1) is 77.4. The lowest BCUT2D eigenvalue weighted by Crippen LogP contribution is -2.76. The topological polar surface area (TPSA) is 44.0 Å². The number of thiophene rings is 2. The van der Waals surface area contributed by atoms with Crippen LogP contribution in [0.3, 0.4) is 0 Å². The number of nitrogens with zero attached hydrogens (tertiary/aromatic N) is 2. The molecule has 0 aliphatic rings. The van der Waals surface area contributed by atoms with Gasteiger partial charge in [0.1, 0.15) is 0 Å². The molecule has 0 radical (unpaired) electrons. The van der Waals surface area contributed by atoms with Crippen molar-refractivity contribution in [2.75, 3.05) is 0 Å². The van der Waals surface area contributed by atoms with E-state index in [1.54, 1.807) is 11.3 Å². The van der Waals surface area contributed by atoms with E-state index in [2.05, 4.69) is 373 Å². The van der Waals surface area contributed by atoms with Crippen molar-refractivity contribution in [3.8, 4) is 11.4 Å². The average Bonchev–Trinajstić information content (AvgIpc) is 1.09. The molecule has 0 saturated carbocycles. The molecule has 0 amide bonds. The number of fused-ring (bicyclic) bond motifs is 12. The number of hydrogen-bond donors (Lipinski definition) is 0. The van der Waals surface area contributed by atoms with E-state index in [9.17, 15) is 0 Å². The number of rotatable bonds is 16. The van der Waals surface area contributed by atoms with Crippen LogP contribution < -0.4 is 73.3 Å². The smallest absolute Gasteiger partial charge is 0.179 e. The van der Waals surface area contributed by atoms with Gasteiger partial charge < -0.3 is 18.3 Å². The van der Waals surface area contributed by atoms with Crippen LogP contribution in [0.5, 0.6) is 0 Å². The fraction of sp³-hybridized carbons (Fsp3) is 0. The molecule has 4 aromatic heterocycles. The zero-order chi connectivity index (χ0) is 83.0. The van der Waals surface area contributed by atoms with Crippen LogP contribution >= 0.6 is 37.0 Å². The van der Waals surface area contributed by atoms with E-state index in [-0.39, 0.29) is 0 Å². The summed E-state index contributed by atoms with van der Waals surface area (Å²) in [4.78, 5) is 0. The van der Waals surface area contributed by atoms with Gasteiger partial charge in [-0.2, -0.15) is 0 Å². The van der Waals surface area contributed by atoms with E-state index >= 15 is 9.13 Å². The summed E-state index contributed by atoms with van der Waals surface area (Å²) in [6.45, 7) is 0. The van der Waals surface area contributed by atoms with E-state index in [1.807, 2.05) is 145 Å². The van der Waals surface area contributed by atoms with Gasteiger partial charge in [0, 0.05) is 105 Å². The molecule has 10 heteroatoms. The van der Waals surface area contributed by atoms with Gasteiger partial charge in [-0.05, 0) is 139 Å². The molecular weight excluding hydrogens is 1610 g/mol. The van der Waals surface area contributed by atoms with E-state index in [1.165, 1.54) is 117 Å². The number of benzene rings is 19. The largest absolute Gasteiger partial charge is 0.309 e. The van der Waals surface area contributed by atoms with Gasteiger partial charge in [-0.25, -0.2) is 0 Å². The zero-order valence-electron chi connectivity index (χ0n) is 67.8. The van der Waals surface area contributed by atoms with Crippen molar-refractivity contribution < 1.29 is 9.13 Å². The predicted octanol–water partition coefficient (Wildman–Crippen LogP) is 22.0. The molecule has 23 aromatic rings. The summed E-state index contributed by atoms with van der Waals surface area (Å²) in [7, 11) is -11.5. The summed E-state index contributed by atoms with van der Waals surface area (Å²) in [6.07, 6.45) is 0. The van der Waals surface area contributed by atoms with Crippen LogP contribution in [0.4, 0.5) is 0 Å². The Bertz CT molecular complexity index is 7050. The molecule has 0 spiro atoms. The highest BCUT2D eigenvalue weighted by Crippen LogP contribution is 2.48. The maximum Gasteiger partial charge on any atom is 0.179 e. The summed E-state index contributed by atoms with van der Waals surface area (Å²) >= 11 is 3.57. The van der Waals surface area contributed by atoms with Gasteiger partial charge in [-0.15, -0.1) is 22.7 Å². The van der Waals surface area contributed by atoms with Crippen molar-refractivity contribution in [3.05, 3.63) is 497 Å². The van der Waals surface area contributed by atoms with Crippen LogP contribution in [-0.2, 0) is 9.13 Å². The Hall–Kier alpha value is -13.9.